The van der Waals surface area contributed by atoms with Gasteiger partial charge >= 0.3 is 0 Å². The van der Waals surface area contributed by atoms with Crippen LogP contribution in [0.5, 0.6) is 0 Å². The van der Waals surface area contributed by atoms with Crippen molar-refractivity contribution in [2.75, 3.05) is 17.6 Å². The van der Waals surface area contributed by atoms with Gasteiger partial charge in [0.05, 0.1) is 10.6 Å². The molecule has 0 saturated carbocycles. The fraction of sp³-hybridized carbons (Fsp3) is 0.143. The average molecular weight is 372 g/mol. The lowest BCUT2D eigenvalue weighted by Gasteiger charge is -2.19. The summed E-state index contributed by atoms with van der Waals surface area (Å²) in [6.07, 6.45) is 1.96. The highest BCUT2D eigenvalue weighted by atomic mass is 79.9. The molecule has 0 radical (unpaired) electrons. The van der Waals surface area contributed by atoms with Crippen LogP contribution in [0.25, 0.3) is 0 Å². The number of nitrogens with zero attached hydrogens (tertiary/aromatic N) is 1. The van der Waals surface area contributed by atoms with E-state index in [1.165, 1.54) is 4.31 Å². The molecule has 0 saturated heterocycles. The molecule has 0 aliphatic carbocycles. The third-order valence-corrected chi connectivity index (χ3v) is 5.98. The topological polar surface area (TPSA) is 37.4 Å². The molecule has 2 aromatic rings. The maximum absolute atomic E-state index is 12.5. The fourth-order valence-corrected chi connectivity index (χ4v) is 3.56. The van der Waals surface area contributed by atoms with Gasteiger partial charge in [-0.2, -0.15) is 0 Å². The molecule has 2 aromatic carbocycles. The van der Waals surface area contributed by atoms with Crippen LogP contribution in [0.3, 0.4) is 0 Å². The van der Waals surface area contributed by atoms with Crippen LogP contribution in [0.2, 0.25) is 0 Å². The lowest BCUT2D eigenvalue weighted by molar-refractivity contribution is 0.594. The number of thioether (sulfide) groups is 1. The van der Waals surface area contributed by atoms with E-state index in [0.717, 1.165) is 9.37 Å². The van der Waals surface area contributed by atoms with E-state index in [2.05, 4.69) is 15.9 Å². The summed E-state index contributed by atoms with van der Waals surface area (Å²) in [7, 11) is -1.96. The van der Waals surface area contributed by atoms with Gasteiger partial charge in [0.2, 0.25) is 0 Å². The molecule has 0 unspecified atom stereocenters. The predicted octanol–water partition coefficient (Wildman–Crippen LogP) is 4.00. The Kier molecular flexibility index (Phi) is 4.78. The van der Waals surface area contributed by atoms with E-state index in [1.807, 2.05) is 30.5 Å². The van der Waals surface area contributed by atoms with Crippen molar-refractivity contribution in [1.29, 1.82) is 0 Å². The summed E-state index contributed by atoms with van der Waals surface area (Å²) in [5, 5.41) is 0. The van der Waals surface area contributed by atoms with Crippen LogP contribution in [-0.4, -0.2) is 21.7 Å². The number of hydrogen-bond donors (Lipinski definition) is 0. The SMILES string of the molecule is CSc1ccc(S(=O)(=O)N(C)c2ccc(Br)cc2)cc1. The largest absolute Gasteiger partial charge is 0.269 e. The van der Waals surface area contributed by atoms with Gasteiger partial charge in [0.1, 0.15) is 0 Å². The van der Waals surface area contributed by atoms with Crippen LogP contribution in [0.4, 0.5) is 5.69 Å². The molecular weight excluding hydrogens is 358 g/mol. The van der Waals surface area contributed by atoms with E-state index in [1.54, 1.807) is 43.1 Å². The fourth-order valence-electron chi connectivity index (χ4n) is 1.70. The third kappa shape index (κ3) is 3.19. The number of hydrogen-bond acceptors (Lipinski definition) is 3. The normalized spacial score (nSPS) is 11.3. The maximum Gasteiger partial charge on any atom is 0.264 e. The second-order valence-corrected chi connectivity index (χ2v) is 7.89. The summed E-state index contributed by atoms with van der Waals surface area (Å²) in [5.74, 6) is 0. The molecule has 0 heterocycles. The molecule has 0 N–H and O–H groups in total. The maximum atomic E-state index is 12.5. The van der Waals surface area contributed by atoms with E-state index < -0.39 is 10.0 Å². The van der Waals surface area contributed by atoms with Gasteiger partial charge < -0.3 is 0 Å². The summed E-state index contributed by atoms with van der Waals surface area (Å²) < 4.78 is 27.2. The summed E-state index contributed by atoms with van der Waals surface area (Å²) in [5.41, 5.74) is 0.627. The predicted molar refractivity (Wildman–Crippen MR) is 88.0 cm³/mol. The number of halogens is 1. The van der Waals surface area contributed by atoms with Crippen LogP contribution in [0, 0.1) is 0 Å². The first-order chi connectivity index (χ1) is 9.45. The number of benzene rings is 2. The van der Waals surface area contributed by atoms with Crippen molar-refractivity contribution in [3.8, 4) is 0 Å². The summed E-state index contributed by atoms with van der Waals surface area (Å²) in [6.45, 7) is 0. The summed E-state index contributed by atoms with van der Waals surface area (Å²) in [6, 6.07) is 14.1. The second-order valence-electron chi connectivity index (χ2n) is 4.12. The molecule has 106 valence electrons. The van der Waals surface area contributed by atoms with Crippen molar-refractivity contribution in [3.05, 3.63) is 53.0 Å². The Balaban J connectivity index is 2.35. The smallest absolute Gasteiger partial charge is 0.264 e. The molecule has 2 rings (SSSR count). The standard InChI is InChI=1S/C14H14BrNO2S2/c1-16(12-5-3-11(15)4-6-12)20(17,18)14-9-7-13(19-2)8-10-14/h3-10H,1-2H3. The first-order valence-corrected chi connectivity index (χ1v) is 9.29. The molecule has 6 heteroatoms. The number of sulfonamides is 1. The Morgan fingerprint density at radius 3 is 2.05 bits per heavy atom. The van der Waals surface area contributed by atoms with Crippen molar-refractivity contribution in [1.82, 2.24) is 0 Å². The third-order valence-electron chi connectivity index (χ3n) is 2.91. The Morgan fingerprint density at radius 2 is 1.55 bits per heavy atom. The molecule has 3 nitrogen and oxygen atoms in total. The zero-order valence-corrected chi connectivity index (χ0v) is 14.3. The average Bonchev–Trinajstić information content (AvgIpc) is 2.47. The van der Waals surface area contributed by atoms with Gasteiger partial charge in [-0.1, -0.05) is 15.9 Å². The second kappa shape index (κ2) is 6.20. The van der Waals surface area contributed by atoms with Crippen molar-refractivity contribution in [3.63, 3.8) is 0 Å². The summed E-state index contributed by atoms with van der Waals surface area (Å²) >= 11 is 4.92. The molecule has 0 aromatic heterocycles. The van der Waals surface area contributed by atoms with Gasteiger partial charge in [0, 0.05) is 16.4 Å². The van der Waals surface area contributed by atoms with Crippen molar-refractivity contribution >= 4 is 43.4 Å². The Hall–Kier alpha value is -0.980. The van der Waals surface area contributed by atoms with E-state index in [-0.39, 0.29) is 0 Å². The minimum atomic E-state index is -3.52. The Labute approximate surface area is 132 Å². The highest BCUT2D eigenvalue weighted by molar-refractivity contribution is 9.10. The van der Waals surface area contributed by atoms with Gasteiger partial charge in [-0.15, -0.1) is 11.8 Å². The first kappa shape index (κ1) is 15.4. The molecule has 0 bridgehead atoms. The minimum Gasteiger partial charge on any atom is -0.269 e. The highest BCUT2D eigenvalue weighted by Gasteiger charge is 2.20. The van der Waals surface area contributed by atoms with Gasteiger partial charge in [0.25, 0.3) is 10.0 Å². The van der Waals surface area contributed by atoms with Crippen LogP contribution in [-0.2, 0) is 10.0 Å². The molecule has 0 amide bonds. The van der Waals surface area contributed by atoms with Crippen molar-refractivity contribution in [2.24, 2.45) is 0 Å². The van der Waals surface area contributed by atoms with E-state index in [0.29, 0.717) is 10.6 Å². The number of rotatable bonds is 4. The lowest BCUT2D eigenvalue weighted by Crippen LogP contribution is -2.26. The van der Waals surface area contributed by atoms with E-state index >= 15 is 0 Å². The molecule has 0 fully saturated rings. The molecule has 0 aliphatic rings. The number of anilines is 1. The van der Waals surface area contributed by atoms with Gasteiger partial charge in [0.15, 0.2) is 0 Å². The van der Waals surface area contributed by atoms with Crippen molar-refractivity contribution in [2.45, 2.75) is 9.79 Å². The summed E-state index contributed by atoms with van der Waals surface area (Å²) in [4.78, 5) is 1.33. The zero-order chi connectivity index (χ0) is 14.8. The van der Waals surface area contributed by atoms with Gasteiger partial charge in [-0.3, -0.25) is 4.31 Å². The molecule has 20 heavy (non-hydrogen) atoms. The quantitative estimate of drug-likeness (QED) is 0.762. The minimum absolute atomic E-state index is 0.292. The van der Waals surface area contributed by atoms with Crippen LogP contribution < -0.4 is 4.31 Å². The lowest BCUT2D eigenvalue weighted by atomic mass is 10.3. The van der Waals surface area contributed by atoms with Crippen molar-refractivity contribution < 1.29 is 8.42 Å². The van der Waals surface area contributed by atoms with Gasteiger partial charge in [-0.05, 0) is 54.8 Å². The molecule has 0 aliphatic heterocycles. The van der Waals surface area contributed by atoms with Crippen LogP contribution in [0.1, 0.15) is 0 Å². The monoisotopic (exact) mass is 371 g/mol. The molecule has 0 spiro atoms. The highest BCUT2D eigenvalue weighted by Crippen LogP contribution is 2.25. The van der Waals surface area contributed by atoms with Gasteiger partial charge in [-0.25, -0.2) is 8.42 Å². The van der Waals surface area contributed by atoms with E-state index in [4.69, 9.17) is 0 Å². The first-order valence-electron chi connectivity index (χ1n) is 5.83. The molecular formula is C14H14BrNO2S2. The zero-order valence-electron chi connectivity index (χ0n) is 11.1. The van der Waals surface area contributed by atoms with Crippen LogP contribution >= 0.6 is 27.7 Å². The Bertz CT molecular complexity index is 682. The Morgan fingerprint density at radius 1 is 1.00 bits per heavy atom. The van der Waals surface area contributed by atoms with Crippen LogP contribution in [0.15, 0.2) is 62.8 Å². The van der Waals surface area contributed by atoms with E-state index in [9.17, 15) is 8.42 Å². The molecule has 0 atom stereocenters.